The molecule has 0 bridgehead atoms. The van der Waals surface area contributed by atoms with E-state index in [2.05, 4.69) is 15.9 Å². The summed E-state index contributed by atoms with van der Waals surface area (Å²) < 4.78 is 14.5. The Morgan fingerprint density at radius 2 is 1.88 bits per heavy atom. The molecule has 0 heterocycles. The number of carbonyl (C=O) groups excluding carboxylic acids is 1. The van der Waals surface area contributed by atoms with E-state index in [0.717, 1.165) is 0 Å². The van der Waals surface area contributed by atoms with Gasteiger partial charge in [-0.05, 0) is 44.0 Å². The van der Waals surface area contributed by atoms with E-state index < -0.39 is 15.7 Å². The van der Waals surface area contributed by atoms with E-state index in [1.807, 2.05) is 13.8 Å². The molecule has 2 amide bonds. The zero-order chi connectivity index (χ0) is 13.1. The van der Waals surface area contributed by atoms with Crippen LogP contribution in [-0.2, 0) is 9.71 Å². The summed E-state index contributed by atoms with van der Waals surface area (Å²) in [6.45, 7) is 3.63. The molecule has 5 nitrogen and oxygen atoms in total. The van der Waals surface area contributed by atoms with Crippen LogP contribution in [0, 0.1) is 0 Å². The summed E-state index contributed by atoms with van der Waals surface area (Å²) in [6.07, 6.45) is 0. The van der Waals surface area contributed by atoms with E-state index in [-0.39, 0.29) is 6.04 Å². The topological polar surface area (TPSA) is 84.2 Å². The van der Waals surface area contributed by atoms with Crippen molar-refractivity contribution in [3.8, 4) is 0 Å². The van der Waals surface area contributed by atoms with E-state index in [0.29, 0.717) is 10.6 Å². The minimum absolute atomic E-state index is 0.0309. The average molecular weight is 255 g/mol. The van der Waals surface area contributed by atoms with Crippen molar-refractivity contribution in [3.63, 3.8) is 0 Å². The maximum absolute atomic E-state index is 12.2. The highest BCUT2D eigenvalue weighted by molar-refractivity contribution is 7.99. The first-order valence-electron chi connectivity index (χ1n) is 5.12. The van der Waals surface area contributed by atoms with Crippen molar-refractivity contribution in [3.05, 3.63) is 24.3 Å². The molecule has 0 aliphatic heterocycles. The van der Waals surface area contributed by atoms with Gasteiger partial charge >= 0.3 is 6.03 Å². The Hall–Kier alpha value is -1.69. The summed E-state index contributed by atoms with van der Waals surface area (Å²) in [7, 11) is -2.84. The summed E-state index contributed by atoms with van der Waals surface area (Å²) in [5.41, 5.74) is 6.09. The fourth-order valence-corrected chi connectivity index (χ4v) is 2.24. The SMILES string of the molecule is C=S(=O)(NC(=O)NC(C)C)c1ccc(N)cc1. The molecule has 17 heavy (non-hydrogen) atoms. The van der Waals surface area contributed by atoms with Crippen LogP contribution >= 0.6 is 0 Å². The number of carbonyl (C=O) groups is 1. The van der Waals surface area contributed by atoms with Gasteiger partial charge in [0.2, 0.25) is 0 Å². The van der Waals surface area contributed by atoms with Crippen LogP contribution < -0.4 is 15.8 Å². The van der Waals surface area contributed by atoms with Gasteiger partial charge in [-0.1, -0.05) is 0 Å². The zero-order valence-electron chi connectivity index (χ0n) is 9.90. The van der Waals surface area contributed by atoms with Gasteiger partial charge in [0.25, 0.3) is 0 Å². The molecule has 1 atom stereocenters. The van der Waals surface area contributed by atoms with Crippen molar-refractivity contribution in [2.45, 2.75) is 24.8 Å². The normalized spacial score (nSPS) is 14.1. The summed E-state index contributed by atoms with van der Waals surface area (Å²) in [6, 6.07) is 5.86. The first-order chi connectivity index (χ1) is 7.81. The highest BCUT2D eigenvalue weighted by atomic mass is 32.2. The summed E-state index contributed by atoms with van der Waals surface area (Å²) in [5.74, 6) is 3.53. The van der Waals surface area contributed by atoms with Crippen molar-refractivity contribution in [1.82, 2.24) is 10.0 Å². The van der Waals surface area contributed by atoms with Crippen LogP contribution in [0.25, 0.3) is 0 Å². The molecule has 0 spiro atoms. The molecule has 0 fully saturated rings. The molecule has 0 aromatic heterocycles. The number of amides is 2. The Kier molecular flexibility index (Phi) is 4.01. The summed E-state index contributed by atoms with van der Waals surface area (Å²) >= 11 is 0. The monoisotopic (exact) mass is 255 g/mol. The first kappa shape index (κ1) is 13.4. The minimum atomic E-state index is -2.84. The molecule has 1 unspecified atom stereocenters. The third kappa shape index (κ3) is 3.99. The Morgan fingerprint density at radius 3 is 2.35 bits per heavy atom. The van der Waals surface area contributed by atoms with Crippen molar-refractivity contribution >= 4 is 27.3 Å². The highest BCUT2D eigenvalue weighted by Crippen LogP contribution is 2.11. The number of anilines is 1. The lowest BCUT2D eigenvalue weighted by molar-refractivity contribution is 0.244. The molecule has 94 valence electrons. The van der Waals surface area contributed by atoms with Crippen LogP contribution in [0.5, 0.6) is 0 Å². The van der Waals surface area contributed by atoms with Crippen LogP contribution in [0.1, 0.15) is 13.8 Å². The first-order valence-corrected chi connectivity index (χ1v) is 6.85. The summed E-state index contributed by atoms with van der Waals surface area (Å²) in [5, 5.41) is 2.59. The lowest BCUT2D eigenvalue weighted by Crippen LogP contribution is -2.42. The van der Waals surface area contributed by atoms with Gasteiger partial charge in [0.15, 0.2) is 0 Å². The van der Waals surface area contributed by atoms with E-state index in [9.17, 15) is 9.00 Å². The fourth-order valence-electron chi connectivity index (χ4n) is 1.19. The van der Waals surface area contributed by atoms with Gasteiger partial charge < -0.3 is 11.1 Å². The lowest BCUT2D eigenvalue weighted by atomic mass is 10.3. The molecule has 0 aliphatic rings. The van der Waals surface area contributed by atoms with Crippen LogP contribution in [0.4, 0.5) is 10.5 Å². The van der Waals surface area contributed by atoms with Gasteiger partial charge in [-0.2, -0.15) is 0 Å². The number of nitrogens with one attached hydrogen (secondary N) is 2. The second-order valence-corrected chi connectivity index (χ2v) is 6.00. The van der Waals surface area contributed by atoms with Gasteiger partial charge in [-0.3, -0.25) is 4.72 Å². The number of rotatable bonds is 3. The van der Waals surface area contributed by atoms with Crippen LogP contribution in [0.3, 0.4) is 0 Å². The summed E-state index contributed by atoms with van der Waals surface area (Å²) in [4.78, 5) is 11.9. The van der Waals surface area contributed by atoms with Crippen LogP contribution in [-0.4, -0.2) is 22.2 Å². The molecule has 1 aromatic rings. The van der Waals surface area contributed by atoms with Crippen molar-refractivity contribution in [2.24, 2.45) is 0 Å². The number of urea groups is 1. The third-order valence-corrected chi connectivity index (χ3v) is 3.49. The lowest BCUT2D eigenvalue weighted by Gasteiger charge is -2.14. The molecule has 4 N–H and O–H groups in total. The van der Waals surface area contributed by atoms with Crippen LogP contribution in [0.15, 0.2) is 29.2 Å². The maximum atomic E-state index is 12.2. The average Bonchev–Trinajstić information content (AvgIpc) is 2.15. The Labute approximate surface area is 102 Å². The molecule has 0 aliphatic carbocycles. The molecular formula is C11H17N3O2S. The zero-order valence-corrected chi connectivity index (χ0v) is 10.7. The molecule has 0 radical (unpaired) electrons. The second-order valence-electron chi connectivity index (χ2n) is 3.97. The van der Waals surface area contributed by atoms with Gasteiger partial charge in [0, 0.05) is 16.6 Å². The van der Waals surface area contributed by atoms with E-state index in [4.69, 9.17) is 5.73 Å². The van der Waals surface area contributed by atoms with Crippen LogP contribution in [0.2, 0.25) is 0 Å². The predicted molar refractivity (Wildman–Crippen MR) is 71.2 cm³/mol. The second kappa shape index (κ2) is 5.09. The smallest absolute Gasteiger partial charge is 0.326 e. The molecule has 0 saturated heterocycles. The fraction of sp³-hybridized carbons (Fsp3) is 0.273. The van der Waals surface area contributed by atoms with Crippen molar-refractivity contribution < 1.29 is 9.00 Å². The van der Waals surface area contributed by atoms with E-state index in [1.165, 1.54) is 0 Å². The Balaban J connectivity index is 2.82. The Morgan fingerprint density at radius 1 is 1.35 bits per heavy atom. The highest BCUT2D eigenvalue weighted by Gasteiger charge is 2.11. The molecular weight excluding hydrogens is 238 g/mol. The largest absolute Gasteiger partial charge is 0.399 e. The van der Waals surface area contributed by atoms with Gasteiger partial charge in [-0.15, -0.1) is 0 Å². The van der Waals surface area contributed by atoms with Gasteiger partial charge in [0.1, 0.15) is 0 Å². The molecule has 6 heteroatoms. The van der Waals surface area contributed by atoms with E-state index >= 15 is 0 Å². The number of nitrogens with two attached hydrogens (primary N) is 1. The third-order valence-electron chi connectivity index (χ3n) is 1.94. The van der Waals surface area contributed by atoms with E-state index in [1.54, 1.807) is 24.3 Å². The van der Waals surface area contributed by atoms with Crippen molar-refractivity contribution in [2.75, 3.05) is 5.73 Å². The predicted octanol–water partition coefficient (Wildman–Crippen LogP) is 0.967. The van der Waals surface area contributed by atoms with Gasteiger partial charge in [-0.25, -0.2) is 9.00 Å². The van der Waals surface area contributed by atoms with Gasteiger partial charge in [0.05, 0.1) is 9.71 Å². The molecule has 1 aromatic carbocycles. The van der Waals surface area contributed by atoms with Crippen molar-refractivity contribution in [1.29, 1.82) is 0 Å². The molecule has 0 saturated carbocycles. The standard InChI is InChI=1S/C11H17N3O2S/c1-8(2)13-11(15)14-17(3,16)10-6-4-9(12)5-7-10/h4-8H,3,12H2,1-2H3,(H2,13,14,15,16). The number of benzene rings is 1. The number of hydrogen-bond donors (Lipinski definition) is 3. The molecule has 1 rings (SSSR count). The maximum Gasteiger partial charge on any atom is 0.326 e. The minimum Gasteiger partial charge on any atom is -0.399 e. The quantitative estimate of drug-likeness (QED) is 0.556. The Bertz CT molecular complexity index is 492. The number of hydrogen-bond acceptors (Lipinski definition) is 3. The number of nitrogen functional groups attached to an aromatic ring is 1.